The fourth-order valence-electron chi connectivity index (χ4n) is 5.58. The maximum atomic E-state index is 14.7. The number of nitrogens with zero attached hydrogens (tertiary/aromatic N) is 2. The quantitative estimate of drug-likeness (QED) is 0.614. The van der Waals surface area contributed by atoms with E-state index in [0.717, 1.165) is 5.56 Å². The van der Waals surface area contributed by atoms with Crippen LogP contribution in [0.2, 0.25) is 0 Å². The molecule has 7 heteroatoms. The SMILES string of the molecule is COCCN1C[C@H](C(=O)c2ccccc2)C(c2cccc(F)c2C)[C@H](C(=O)N2CCC(O)CC2)C1. The van der Waals surface area contributed by atoms with Crippen LogP contribution in [0.25, 0.3) is 0 Å². The van der Waals surface area contributed by atoms with Gasteiger partial charge in [-0.25, -0.2) is 4.39 Å². The first-order valence-corrected chi connectivity index (χ1v) is 12.4. The van der Waals surface area contributed by atoms with E-state index >= 15 is 0 Å². The lowest BCUT2D eigenvalue weighted by molar-refractivity contribution is -0.141. The van der Waals surface area contributed by atoms with Gasteiger partial charge in [0.05, 0.1) is 18.6 Å². The molecule has 0 aliphatic carbocycles. The van der Waals surface area contributed by atoms with E-state index in [1.54, 1.807) is 32.2 Å². The molecule has 3 atom stereocenters. The smallest absolute Gasteiger partial charge is 0.227 e. The normalized spacial score (nSPS) is 23.9. The molecule has 2 aromatic rings. The summed E-state index contributed by atoms with van der Waals surface area (Å²) in [7, 11) is 1.64. The second-order valence-electron chi connectivity index (χ2n) is 9.73. The van der Waals surface area contributed by atoms with Crippen LogP contribution in [-0.4, -0.2) is 79.1 Å². The Bertz CT molecular complexity index is 1020. The number of ketones is 1. The van der Waals surface area contributed by atoms with Crippen molar-refractivity contribution in [1.29, 1.82) is 0 Å². The molecule has 0 bridgehead atoms. The first-order chi connectivity index (χ1) is 16.9. The van der Waals surface area contributed by atoms with Gasteiger partial charge in [0.2, 0.25) is 5.91 Å². The molecule has 6 nitrogen and oxygen atoms in total. The predicted octanol–water partition coefficient (Wildman–Crippen LogP) is 3.28. The van der Waals surface area contributed by atoms with Crippen LogP contribution in [-0.2, 0) is 9.53 Å². The van der Waals surface area contributed by atoms with E-state index in [2.05, 4.69) is 4.90 Å². The minimum atomic E-state index is -0.507. The molecule has 1 amide bonds. The summed E-state index contributed by atoms with van der Waals surface area (Å²) in [4.78, 5) is 31.8. The van der Waals surface area contributed by atoms with E-state index in [4.69, 9.17) is 4.74 Å². The molecule has 0 saturated carbocycles. The zero-order valence-corrected chi connectivity index (χ0v) is 20.5. The number of piperidine rings is 2. The first kappa shape index (κ1) is 25.5. The van der Waals surface area contributed by atoms with Crippen LogP contribution in [0.1, 0.15) is 40.2 Å². The zero-order chi connectivity index (χ0) is 24.9. The molecule has 2 aromatic carbocycles. The molecule has 0 radical (unpaired) electrons. The van der Waals surface area contributed by atoms with Crippen LogP contribution in [0.5, 0.6) is 0 Å². The molecule has 2 aliphatic rings. The van der Waals surface area contributed by atoms with Crippen LogP contribution in [0, 0.1) is 24.6 Å². The number of Topliss-reactive ketones (excluding diaryl/α,β-unsaturated/α-hetero) is 1. The summed E-state index contributed by atoms with van der Waals surface area (Å²) in [6, 6.07) is 14.1. The fraction of sp³-hybridized carbons (Fsp3) is 0.500. The Hall–Kier alpha value is -2.61. The maximum Gasteiger partial charge on any atom is 0.227 e. The second-order valence-corrected chi connectivity index (χ2v) is 9.73. The third kappa shape index (κ3) is 5.63. The minimum absolute atomic E-state index is 0.0291. The molecule has 2 fully saturated rings. The van der Waals surface area contributed by atoms with Crippen LogP contribution in [0.3, 0.4) is 0 Å². The van der Waals surface area contributed by atoms with E-state index in [-0.39, 0.29) is 17.5 Å². The van der Waals surface area contributed by atoms with Gasteiger partial charge < -0.3 is 14.7 Å². The van der Waals surface area contributed by atoms with Gasteiger partial charge in [0.25, 0.3) is 0 Å². The molecular weight excluding hydrogens is 447 g/mol. The van der Waals surface area contributed by atoms with Gasteiger partial charge in [-0.05, 0) is 37.0 Å². The van der Waals surface area contributed by atoms with Crippen molar-refractivity contribution in [2.45, 2.75) is 31.8 Å². The monoisotopic (exact) mass is 482 g/mol. The summed E-state index contributed by atoms with van der Waals surface area (Å²) < 4.78 is 20.0. The van der Waals surface area contributed by atoms with Crippen LogP contribution in [0.15, 0.2) is 48.5 Å². The van der Waals surface area contributed by atoms with Gasteiger partial charge >= 0.3 is 0 Å². The number of amides is 1. The van der Waals surface area contributed by atoms with E-state index in [1.807, 2.05) is 29.2 Å². The summed E-state index contributed by atoms with van der Waals surface area (Å²) in [5, 5.41) is 9.95. The average molecular weight is 483 g/mol. The molecule has 188 valence electrons. The lowest BCUT2D eigenvalue weighted by Gasteiger charge is -2.45. The van der Waals surface area contributed by atoms with Crippen LogP contribution < -0.4 is 0 Å². The van der Waals surface area contributed by atoms with Gasteiger partial charge in [0.15, 0.2) is 5.78 Å². The molecule has 2 heterocycles. The first-order valence-electron chi connectivity index (χ1n) is 12.4. The number of aliphatic hydroxyl groups is 1. The minimum Gasteiger partial charge on any atom is -0.393 e. The fourth-order valence-corrected chi connectivity index (χ4v) is 5.58. The number of carbonyl (C=O) groups is 2. The van der Waals surface area contributed by atoms with Crippen molar-refractivity contribution in [1.82, 2.24) is 9.80 Å². The topological polar surface area (TPSA) is 70.1 Å². The molecule has 1 N–H and O–H groups in total. The van der Waals surface area contributed by atoms with Crippen molar-refractivity contribution in [3.05, 3.63) is 71.0 Å². The number of hydrogen-bond donors (Lipinski definition) is 1. The molecule has 0 spiro atoms. The number of carbonyl (C=O) groups excluding carboxylic acids is 2. The van der Waals surface area contributed by atoms with Gasteiger partial charge in [0.1, 0.15) is 5.82 Å². The molecule has 2 saturated heterocycles. The number of hydrogen-bond acceptors (Lipinski definition) is 5. The maximum absolute atomic E-state index is 14.7. The number of likely N-dealkylation sites (tertiary alicyclic amines) is 2. The van der Waals surface area contributed by atoms with Crippen molar-refractivity contribution < 1.29 is 23.8 Å². The number of benzene rings is 2. The van der Waals surface area contributed by atoms with Gasteiger partial charge in [0, 0.05) is 57.2 Å². The van der Waals surface area contributed by atoms with Gasteiger partial charge in [-0.15, -0.1) is 0 Å². The molecule has 1 unspecified atom stereocenters. The predicted molar refractivity (Wildman–Crippen MR) is 132 cm³/mol. The summed E-state index contributed by atoms with van der Waals surface area (Å²) in [5.41, 5.74) is 1.80. The van der Waals surface area contributed by atoms with Crippen molar-refractivity contribution in [3.8, 4) is 0 Å². The number of aliphatic hydroxyl groups excluding tert-OH is 1. The van der Waals surface area contributed by atoms with Crippen LogP contribution >= 0.6 is 0 Å². The number of halogens is 1. The highest BCUT2D eigenvalue weighted by atomic mass is 19.1. The van der Waals surface area contributed by atoms with E-state index in [1.165, 1.54) is 6.07 Å². The van der Waals surface area contributed by atoms with E-state index in [9.17, 15) is 19.1 Å². The molecule has 4 rings (SSSR count). The summed E-state index contributed by atoms with van der Waals surface area (Å²) in [6.45, 7) is 4.74. The Balaban J connectivity index is 1.77. The Morgan fingerprint density at radius 3 is 2.40 bits per heavy atom. The Morgan fingerprint density at radius 2 is 1.71 bits per heavy atom. The summed E-state index contributed by atoms with van der Waals surface area (Å²) in [6.07, 6.45) is 0.696. The van der Waals surface area contributed by atoms with Gasteiger partial charge in [-0.3, -0.25) is 14.5 Å². The van der Waals surface area contributed by atoms with E-state index < -0.39 is 23.9 Å². The van der Waals surface area contributed by atoms with E-state index in [0.29, 0.717) is 63.3 Å². The van der Waals surface area contributed by atoms with Crippen molar-refractivity contribution >= 4 is 11.7 Å². The lowest BCUT2D eigenvalue weighted by atomic mass is 9.69. The molecular formula is C28H35FN2O4. The zero-order valence-electron chi connectivity index (χ0n) is 20.5. The molecule has 35 heavy (non-hydrogen) atoms. The second kappa shape index (κ2) is 11.4. The molecule has 2 aliphatic heterocycles. The van der Waals surface area contributed by atoms with Gasteiger partial charge in [-0.2, -0.15) is 0 Å². The number of rotatable bonds is 7. The van der Waals surface area contributed by atoms with Crippen molar-refractivity contribution in [2.24, 2.45) is 11.8 Å². The van der Waals surface area contributed by atoms with Gasteiger partial charge in [-0.1, -0.05) is 42.5 Å². The highest BCUT2D eigenvalue weighted by Gasteiger charge is 2.46. The Kier molecular flexibility index (Phi) is 8.31. The Morgan fingerprint density at radius 1 is 1.03 bits per heavy atom. The third-order valence-electron chi connectivity index (χ3n) is 7.55. The van der Waals surface area contributed by atoms with Crippen LogP contribution in [0.4, 0.5) is 4.39 Å². The Labute approximate surface area is 206 Å². The highest BCUT2D eigenvalue weighted by molar-refractivity contribution is 5.99. The summed E-state index contributed by atoms with van der Waals surface area (Å²) in [5.74, 6) is -1.85. The summed E-state index contributed by atoms with van der Waals surface area (Å²) >= 11 is 0. The molecule has 0 aromatic heterocycles. The third-order valence-corrected chi connectivity index (χ3v) is 7.55. The number of methoxy groups -OCH3 is 1. The average Bonchev–Trinajstić information content (AvgIpc) is 2.89. The van der Waals surface area contributed by atoms with Crippen molar-refractivity contribution in [2.75, 3.05) is 46.4 Å². The highest BCUT2D eigenvalue weighted by Crippen LogP contribution is 2.42. The van der Waals surface area contributed by atoms with Crippen molar-refractivity contribution in [3.63, 3.8) is 0 Å². The lowest BCUT2D eigenvalue weighted by Crippen LogP contribution is -2.55. The standard InChI is InChI=1S/C28H35FN2O4/c1-19-22(9-6-10-25(19)29)26-23(27(33)20-7-4-3-5-8-20)17-30(15-16-35-2)18-24(26)28(34)31-13-11-21(32)12-14-31/h3-10,21,23-24,26,32H,11-18H2,1-2H3/t23-,24+,26?/m0/s1. The number of ether oxygens (including phenoxy) is 1. The largest absolute Gasteiger partial charge is 0.393 e.